The first kappa shape index (κ1) is 13.1. The zero-order valence-corrected chi connectivity index (χ0v) is 11.0. The summed E-state index contributed by atoms with van der Waals surface area (Å²) in [5.74, 6) is 0.855. The van der Waals surface area contributed by atoms with E-state index in [1.807, 2.05) is 12.1 Å². The van der Waals surface area contributed by atoms with Crippen molar-refractivity contribution in [3.05, 3.63) is 29.8 Å². The maximum atomic E-state index is 10.6. The Morgan fingerprint density at radius 1 is 1.33 bits per heavy atom. The van der Waals surface area contributed by atoms with Gasteiger partial charge in [0.05, 0.1) is 0 Å². The molecule has 1 aliphatic heterocycles. The predicted octanol–water partition coefficient (Wildman–Crippen LogP) is 3.10. The topological polar surface area (TPSA) is 29.5 Å². The number of hydrogen-bond acceptors (Lipinski definition) is 3. The second-order valence-corrected chi connectivity index (χ2v) is 4.79. The molecule has 2 rings (SSSR count). The minimum Gasteiger partial charge on any atom is -0.475 e. The van der Waals surface area contributed by atoms with Crippen molar-refractivity contribution in [3.63, 3.8) is 0 Å². The van der Waals surface area contributed by atoms with Crippen LogP contribution in [-0.2, 0) is 0 Å². The summed E-state index contributed by atoms with van der Waals surface area (Å²) >= 11 is 0. The summed E-state index contributed by atoms with van der Waals surface area (Å²) in [5, 5.41) is 0. The molecular weight excluding hydrogens is 226 g/mol. The van der Waals surface area contributed by atoms with Gasteiger partial charge in [0.1, 0.15) is 12.0 Å². The number of carbonyl (C=O) groups is 1. The smallest absolute Gasteiger partial charge is 0.152 e. The summed E-state index contributed by atoms with van der Waals surface area (Å²) in [5.41, 5.74) is 0.691. The molecule has 0 spiro atoms. The lowest BCUT2D eigenvalue weighted by Gasteiger charge is -2.35. The van der Waals surface area contributed by atoms with E-state index in [2.05, 4.69) is 11.8 Å². The number of likely N-dealkylation sites (tertiary alicyclic amines) is 1. The quantitative estimate of drug-likeness (QED) is 0.749. The molecule has 0 N–H and O–H groups in total. The van der Waals surface area contributed by atoms with Gasteiger partial charge in [-0.15, -0.1) is 0 Å². The molecule has 1 saturated heterocycles. The van der Waals surface area contributed by atoms with Crippen LogP contribution in [0.15, 0.2) is 24.3 Å². The van der Waals surface area contributed by atoms with Crippen LogP contribution in [0.25, 0.3) is 0 Å². The first-order valence-corrected chi connectivity index (χ1v) is 6.79. The Morgan fingerprint density at radius 2 is 2.11 bits per heavy atom. The average Bonchev–Trinajstić information content (AvgIpc) is 2.42. The van der Waals surface area contributed by atoms with E-state index >= 15 is 0 Å². The lowest BCUT2D eigenvalue weighted by molar-refractivity contribution is -0.00362. The summed E-state index contributed by atoms with van der Waals surface area (Å²) in [6, 6.07) is 7.36. The van der Waals surface area contributed by atoms with E-state index in [1.165, 1.54) is 12.8 Å². The molecule has 1 aromatic rings. The number of rotatable bonds is 5. The highest BCUT2D eigenvalue weighted by Crippen LogP contribution is 2.21. The fourth-order valence-electron chi connectivity index (χ4n) is 2.42. The van der Waals surface area contributed by atoms with Gasteiger partial charge in [-0.2, -0.15) is 0 Å². The minimum atomic E-state index is 0.195. The number of hydrogen-bond donors (Lipinski definition) is 0. The second-order valence-electron chi connectivity index (χ2n) is 4.79. The van der Waals surface area contributed by atoms with Crippen LogP contribution in [-0.4, -0.2) is 30.5 Å². The fourth-order valence-corrected chi connectivity index (χ4v) is 2.42. The maximum Gasteiger partial charge on any atom is 0.152 e. The molecule has 0 radical (unpaired) electrons. The van der Waals surface area contributed by atoms with Gasteiger partial charge in [-0.05, 0) is 49.9 Å². The third kappa shape index (κ3) is 3.33. The van der Waals surface area contributed by atoms with Gasteiger partial charge >= 0.3 is 0 Å². The van der Waals surface area contributed by atoms with Gasteiger partial charge in [0.2, 0.25) is 0 Å². The molecule has 0 amide bonds. The van der Waals surface area contributed by atoms with E-state index in [0.29, 0.717) is 5.56 Å². The summed E-state index contributed by atoms with van der Waals surface area (Å²) in [7, 11) is 0. The Kier molecular flexibility index (Phi) is 4.76. The molecule has 0 saturated carbocycles. The van der Waals surface area contributed by atoms with Crippen molar-refractivity contribution in [2.75, 3.05) is 13.1 Å². The van der Waals surface area contributed by atoms with Gasteiger partial charge in [-0.1, -0.05) is 6.92 Å². The lowest BCUT2D eigenvalue weighted by atomic mass is 10.1. The van der Waals surface area contributed by atoms with E-state index in [-0.39, 0.29) is 6.23 Å². The van der Waals surface area contributed by atoms with Gasteiger partial charge in [0.25, 0.3) is 0 Å². The highest BCUT2D eigenvalue weighted by atomic mass is 16.5. The number of ether oxygens (including phenoxy) is 1. The molecule has 3 heteroatoms. The molecule has 1 atom stereocenters. The molecule has 0 aromatic heterocycles. The molecule has 0 aliphatic carbocycles. The van der Waals surface area contributed by atoms with Gasteiger partial charge in [-0.3, -0.25) is 9.69 Å². The molecule has 18 heavy (non-hydrogen) atoms. The summed E-state index contributed by atoms with van der Waals surface area (Å²) < 4.78 is 6.03. The zero-order chi connectivity index (χ0) is 12.8. The maximum absolute atomic E-state index is 10.6. The third-order valence-electron chi connectivity index (χ3n) is 3.35. The van der Waals surface area contributed by atoms with Crippen molar-refractivity contribution in [3.8, 4) is 5.75 Å². The van der Waals surface area contributed by atoms with Crippen molar-refractivity contribution in [2.24, 2.45) is 0 Å². The predicted molar refractivity (Wildman–Crippen MR) is 72.0 cm³/mol. The lowest BCUT2D eigenvalue weighted by Crippen LogP contribution is -2.43. The van der Waals surface area contributed by atoms with Crippen molar-refractivity contribution in [2.45, 2.75) is 38.8 Å². The molecule has 98 valence electrons. The van der Waals surface area contributed by atoms with E-state index in [9.17, 15) is 4.79 Å². The van der Waals surface area contributed by atoms with Gasteiger partial charge in [-0.25, -0.2) is 0 Å². The van der Waals surface area contributed by atoms with E-state index < -0.39 is 0 Å². The Labute approximate surface area is 109 Å². The second kappa shape index (κ2) is 6.55. The van der Waals surface area contributed by atoms with Crippen molar-refractivity contribution in [1.29, 1.82) is 0 Å². The Bertz CT molecular complexity index is 373. The average molecular weight is 247 g/mol. The molecule has 1 aliphatic rings. The molecular formula is C15H21NO2. The van der Waals surface area contributed by atoms with Crippen LogP contribution < -0.4 is 4.74 Å². The normalized spacial score (nSPS) is 20.6. The van der Waals surface area contributed by atoms with Gasteiger partial charge in [0, 0.05) is 18.7 Å². The minimum absolute atomic E-state index is 0.195. The van der Waals surface area contributed by atoms with Crippen LogP contribution in [0.2, 0.25) is 0 Å². The van der Waals surface area contributed by atoms with Crippen LogP contribution in [0.1, 0.15) is 43.0 Å². The fraction of sp³-hybridized carbons (Fsp3) is 0.533. The summed E-state index contributed by atoms with van der Waals surface area (Å²) in [6.07, 6.45) is 5.80. The largest absolute Gasteiger partial charge is 0.475 e. The SMILES string of the molecule is CCCN1CCCCC1Oc1ccc(C=O)cc1. The van der Waals surface area contributed by atoms with Gasteiger partial charge < -0.3 is 4.74 Å². The monoisotopic (exact) mass is 247 g/mol. The van der Waals surface area contributed by atoms with Crippen LogP contribution in [0.3, 0.4) is 0 Å². The number of aldehydes is 1. The van der Waals surface area contributed by atoms with E-state index in [1.54, 1.807) is 12.1 Å². The first-order chi connectivity index (χ1) is 8.83. The number of piperidine rings is 1. The van der Waals surface area contributed by atoms with E-state index in [0.717, 1.165) is 38.0 Å². The Morgan fingerprint density at radius 3 is 2.78 bits per heavy atom. The highest BCUT2D eigenvalue weighted by molar-refractivity contribution is 5.74. The third-order valence-corrected chi connectivity index (χ3v) is 3.35. The van der Waals surface area contributed by atoms with Crippen LogP contribution in [0.4, 0.5) is 0 Å². The van der Waals surface area contributed by atoms with Crippen LogP contribution in [0, 0.1) is 0 Å². The van der Waals surface area contributed by atoms with Gasteiger partial charge in [0.15, 0.2) is 6.23 Å². The van der Waals surface area contributed by atoms with Crippen molar-refractivity contribution >= 4 is 6.29 Å². The standard InChI is InChI=1S/C15H21NO2/c1-2-10-16-11-4-3-5-15(16)18-14-8-6-13(12-17)7-9-14/h6-9,12,15H,2-5,10-11H2,1H3. The van der Waals surface area contributed by atoms with Crippen molar-refractivity contribution < 1.29 is 9.53 Å². The van der Waals surface area contributed by atoms with Crippen molar-refractivity contribution in [1.82, 2.24) is 4.90 Å². The van der Waals surface area contributed by atoms with Crippen LogP contribution in [0.5, 0.6) is 5.75 Å². The first-order valence-electron chi connectivity index (χ1n) is 6.79. The molecule has 0 bridgehead atoms. The Balaban J connectivity index is 1.98. The highest BCUT2D eigenvalue weighted by Gasteiger charge is 2.22. The summed E-state index contributed by atoms with van der Waals surface area (Å²) in [6.45, 7) is 4.42. The number of carbonyl (C=O) groups excluding carboxylic acids is 1. The van der Waals surface area contributed by atoms with Crippen LogP contribution >= 0.6 is 0 Å². The van der Waals surface area contributed by atoms with E-state index in [4.69, 9.17) is 4.74 Å². The number of benzene rings is 1. The molecule has 1 unspecified atom stereocenters. The Hall–Kier alpha value is -1.35. The zero-order valence-electron chi connectivity index (χ0n) is 11.0. The summed E-state index contributed by atoms with van der Waals surface area (Å²) in [4.78, 5) is 13.0. The molecule has 1 heterocycles. The number of nitrogens with zero attached hydrogens (tertiary/aromatic N) is 1. The molecule has 1 aromatic carbocycles. The molecule has 3 nitrogen and oxygen atoms in total. The molecule has 1 fully saturated rings.